The summed E-state index contributed by atoms with van der Waals surface area (Å²) >= 11 is 0. The highest BCUT2D eigenvalue weighted by atomic mass is 16.5. The number of amides is 2. The number of methoxy groups -OCH3 is 1. The van der Waals surface area contributed by atoms with Gasteiger partial charge in [0.05, 0.1) is 18.7 Å². The van der Waals surface area contributed by atoms with E-state index in [4.69, 9.17) is 4.74 Å². The van der Waals surface area contributed by atoms with E-state index in [1.807, 2.05) is 52.0 Å². The zero-order chi connectivity index (χ0) is 23.5. The molecule has 1 aliphatic carbocycles. The average Bonchev–Trinajstić information content (AvgIpc) is 3.56. The van der Waals surface area contributed by atoms with E-state index in [0.717, 1.165) is 35.2 Å². The van der Waals surface area contributed by atoms with Gasteiger partial charge in [0, 0.05) is 36.7 Å². The number of hydrogen-bond acceptors (Lipinski definition) is 5. The number of aromatic nitrogens is 3. The van der Waals surface area contributed by atoms with Crippen molar-refractivity contribution in [3.05, 3.63) is 53.6 Å². The normalized spacial score (nSPS) is 17.3. The molecule has 2 aromatic carbocycles. The summed E-state index contributed by atoms with van der Waals surface area (Å²) < 4.78 is 7.37. The highest BCUT2D eigenvalue weighted by molar-refractivity contribution is 5.97. The molecular weight excluding hydrogens is 430 g/mol. The number of nitrogens with zero attached hydrogens (tertiary/aromatic N) is 4. The van der Waals surface area contributed by atoms with Crippen LogP contribution < -0.4 is 10.1 Å². The molecule has 8 heteroatoms. The molecule has 0 unspecified atom stereocenters. The number of rotatable bonds is 6. The summed E-state index contributed by atoms with van der Waals surface area (Å²) in [6.45, 7) is 1.57. The average molecular weight is 462 g/mol. The Kier molecular flexibility index (Phi) is 6.47. The first-order valence-corrected chi connectivity index (χ1v) is 12.2. The number of fused-ring (bicyclic) bond motifs is 1. The third-order valence-electron chi connectivity index (χ3n) is 7.19. The first-order chi connectivity index (χ1) is 16.6. The molecule has 0 radical (unpaired) electrons. The van der Waals surface area contributed by atoms with Crippen LogP contribution >= 0.6 is 0 Å². The molecule has 34 heavy (non-hydrogen) atoms. The van der Waals surface area contributed by atoms with Gasteiger partial charge in [-0.25, -0.2) is 4.68 Å². The summed E-state index contributed by atoms with van der Waals surface area (Å²) in [6, 6.07) is 13.8. The lowest BCUT2D eigenvalue weighted by Crippen LogP contribution is -2.42. The van der Waals surface area contributed by atoms with E-state index in [1.165, 1.54) is 12.8 Å². The molecule has 3 aromatic rings. The van der Waals surface area contributed by atoms with Gasteiger partial charge < -0.3 is 15.0 Å². The van der Waals surface area contributed by atoms with Crippen LogP contribution in [0.5, 0.6) is 5.75 Å². The highest BCUT2D eigenvalue weighted by Crippen LogP contribution is 2.31. The fraction of sp³-hybridized carbons (Fsp3) is 0.462. The molecule has 1 aromatic heterocycles. The van der Waals surface area contributed by atoms with Gasteiger partial charge in [0.2, 0.25) is 5.91 Å². The molecule has 5 rings (SSSR count). The van der Waals surface area contributed by atoms with Gasteiger partial charge in [-0.05, 0) is 49.9 Å². The standard InChI is InChI=1S/C26H31N5O3/c1-34-24-9-5-2-6-20(24)17-27-25(32)18-12-14-30(15-13-18)26(33)19-10-11-23-22(16-19)28-29-31(23)21-7-3-4-8-21/h2,5-6,9-11,16,18,21H,3-4,7-8,12-15,17H2,1H3,(H,27,32). The molecule has 1 N–H and O–H groups in total. The van der Waals surface area contributed by atoms with Crippen LogP contribution in [0.1, 0.15) is 60.5 Å². The molecule has 0 spiro atoms. The van der Waals surface area contributed by atoms with Crippen LogP contribution in [0.25, 0.3) is 11.0 Å². The Hall–Kier alpha value is -3.42. The summed E-state index contributed by atoms with van der Waals surface area (Å²) in [5.41, 5.74) is 3.34. The molecule has 1 saturated carbocycles. The minimum atomic E-state index is -0.0902. The summed E-state index contributed by atoms with van der Waals surface area (Å²) in [7, 11) is 1.63. The van der Waals surface area contributed by atoms with Crippen molar-refractivity contribution in [2.24, 2.45) is 5.92 Å². The van der Waals surface area contributed by atoms with E-state index < -0.39 is 0 Å². The number of carbonyl (C=O) groups is 2. The highest BCUT2D eigenvalue weighted by Gasteiger charge is 2.28. The molecule has 2 fully saturated rings. The van der Waals surface area contributed by atoms with Gasteiger partial charge >= 0.3 is 0 Å². The number of hydrogen-bond donors (Lipinski definition) is 1. The molecule has 2 aliphatic rings. The van der Waals surface area contributed by atoms with Crippen LogP contribution in [-0.4, -0.2) is 51.9 Å². The number of carbonyl (C=O) groups excluding carboxylic acids is 2. The Morgan fingerprint density at radius 2 is 1.82 bits per heavy atom. The summed E-state index contributed by atoms with van der Waals surface area (Å²) in [4.78, 5) is 27.7. The van der Waals surface area contributed by atoms with Crippen LogP contribution in [0.3, 0.4) is 0 Å². The van der Waals surface area contributed by atoms with E-state index in [2.05, 4.69) is 15.6 Å². The molecule has 8 nitrogen and oxygen atoms in total. The maximum atomic E-state index is 13.1. The van der Waals surface area contributed by atoms with E-state index in [9.17, 15) is 9.59 Å². The van der Waals surface area contributed by atoms with Crippen LogP contribution in [0.2, 0.25) is 0 Å². The summed E-state index contributed by atoms with van der Waals surface area (Å²) in [5.74, 6) is 0.698. The number of piperidine rings is 1. The van der Waals surface area contributed by atoms with Crippen molar-refractivity contribution >= 4 is 22.8 Å². The fourth-order valence-corrected chi connectivity index (χ4v) is 5.20. The largest absolute Gasteiger partial charge is 0.496 e. The third kappa shape index (κ3) is 4.49. The lowest BCUT2D eigenvalue weighted by Gasteiger charge is -2.31. The van der Waals surface area contributed by atoms with Crippen molar-refractivity contribution in [3.8, 4) is 5.75 Å². The zero-order valence-electron chi connectivity index (χ0n) is 19.6. The molecule has 0 atom stereocenters. The maximum absolute atomic E-state index is 13.1. The van der Waals surface area contributed by atoms with Gasteiger partial charge in [0.1, 0.15) is 11.3 Å². The second-order valence-corrected chi connectivity index (χ2v) is 9.27. The first kappa shape index (κ1) is 22.4. The summed E-state index contributed by atoms with van der Waals surface area (Å²) in [5, 5.41) is 11.7. The minimum absolute atomic E-state index is 0.00908. The SMILES string of the molecule is COc1ccccc1CNC(=O)C1CCN(C(=O)c2ccc3c(c2)nnn3C2CCCC2)CC1. The Morgan fingerprint density at radius 3 is 2.59 bits per heavy atom. The van der Waals surface area contributed by atoms with Gasteiger partial charge in [-0.15, -0.1) is 5.10 Å². The van der Waals surface area contributed by atoms with Crippen molar-refractivity contribution in [3.63, 3.8) is 0 Å². The van der Waals surface area contributed by atoms with E-state index in [0.29, 0.717) is 44.1 Å². The van der Waals surface area contributed by atoms with Gasteiger partial charge in [-0.2, -0.15) is 0 Å². The Morgan fingerprint density at radius 1 is 1.06 bits per heavy atom. The second-order valence-electron chi connectivity index (χ2n) is 9.27. The Bertz CT molecular complexity index is 1180. The smallest absolute Gasteiger partial charge is 0.253 e. The fourth-order valence-electron chi connectivity index (χ4n) is 5.20. The zero-order valence-corrected chi connectivity index (χ0v) is 19.6. The molecule has 1 saturated heterocycles. The van der Waals surface area contributed by atoms with Crippen molar-refractivity contribution < 1.29 is 14.3 Å². The number of nitrogens with one attached hydrogen (secondary N) is 1. The number of ether oxygens (including phenoxy) is 1. The molecule has 178 valence electrons. The van der Waals surface area contributed by atoms with Gasteiger partial charge in [0.15, 0.2) is 0 Å². The maximum Gasteiger partial charge on any atom is 0.253 e. The van der Waals surface area contributed by atoms with Crippen molar-refractivity contribution in [1.29, 1.82) is 0 Å². The van der Waals surface area contributed by atoms with Crippen molar-refractivity contribution in [2.75, 3.05) is 20.2 Å². The van der Waals surface area contributed by atoms with Crippen LogP contribution in [-0.2, 0) is 11.3 Å². The number of benzene rings is 2. The number of para-hydroxylation sites is 1. The van der Waals surface area contributed by atoms with Gasteiger partial charge in [-0.3, -0.25) is 9.59 Å². The summed E-state index contributed by atoms with van der Waals surface area (Å²) in [6.07, 6.45) is 6.06. The van der Waals surface area contributed by atoms with Crippen LogP contribution in [0.15, 0.2) is 42.5 Å². The van der Waals surface area contributed by atoms with E-state index in [1.54, 1.807) is 7.11 Å². The second kappa shape index (κ2) is 9.83. The topological polar surface area (TPSA) is 89.3 Å². The van der Waals surface area contributed by atoms with Crippen molar-refractivity contribution in [2.45, 2.75) is 51.1 Å². The van der Waals surface area contributed by atoms with E-state index in [-0.39, 0.29) is 17.7 Å². The van der Waals surface area contributed by atoms with Crippen molar-refractivity contribution in [1.82, 2.24) is 25.2 Å². The van der Waals surface area contributed by atoms with Crippen LogP contribution in [0, 0.1) is 5.92 Å². The lowest BCUT2D eigenvalue weighted by atomic mass is 9.95. The number of likely N-dealkylation sites (tertiary alicyclic amines) is 1. The molecule has 2 amide bonds. The molecule has 1 aliphatic heterocycles. The van der Waals surface area contributed by atoms with Gasteiger partial charge in [-0.1, -0.05) is 36.3 Å². The Balaban J connectivity index is 1.17. The van der Waals surface area contributed by atoms with Crippen LogP contribution in [0.4, 0.5) is 0 Å². The Labute approximate surface area is 199 Å². The first-order valence-electron chi connectivity index (χ1n) is 12.2. The minimum Gasteiger partial charge on any atom is -0.496 e. The molecule has 0 bridgehead atoms. The molecule has 2 heterocycles. The third-order valence-corrected chi connectivity index (χ3v) is 7.19. The van der Waals surface area contributed by atoms with Gasteiger partial charge in [0.25, 0.3) is 5.91 Å². The predicted octanol–water partition coefficient (Wildman–Crippen LogP) is 3.72. The lowest BCUT2D eigenvalue weighted by molar-refractivity contribution is -0.126. The quantitative estimate of drug-likeness (QED) is 0.604. The van der Waals surface area contributed by atoms with E-state index >= 15 is 0 Å². The molecular formula is C26H31N5O3. The predicted molar refractivity (Wildman–Crippen MR) is 129 cm³/mol. The monoisotopic (exact) mass is 461 g/mol.